The first-order chi connectivity index (χ1) is 13.9. The number of anilines is 1. The number of aryl methyl sites for hydroxylation is 2. The molecule has 2 heterocycles. The fourth-order valence-corrected chi connectivity index (χ4v) is 3.70. The van der Waals surface area contributed by atoms with Crippen molar-refractivity contribution in [1.29, 1.82) is 0 Å². The average Bonchev–Trinajstić information content (AvgIpc) is 2.69. The lowest BCUT2D eigenvalue weighted by atomic mass is 10.1. The van der Waals surface area contributed by atoms with E-state index in [2.05, 4.69) is 83.5 Å². The number of aliphatic imine (C=N–C) groups is 1. The van der Waals surface area contributed by atoms with Gasteiger partial charge in [-0.15, -0.1) is 24.0 Å². The number of guanidine groups is 1. The van der Waals surface area contributed by atoms with E-state index < -0.39 is 0 Å². The highest BCUT2D eigenvalue weighted by Crippen LogP contribution is 2.18. The van der Waals surface area contributed by atoms with Crippen LogP contribution in [-0.4, -0.2) is 43.3 Å². The van der Waals surface area contributed by atoms with Crippen LogP contribution in [0.2, 0.25) is 0 Å². The molecule has 3 rings (SSSR count). The van der Waals surface area contributed by atoms with Gasteiger partial charge in [0, 0.05) is 39.4 Å². The minimum absolute atomic E-state index is 0. The number of aromatic nitrogens is 1. The molecular weight excluding hydrogens is 489 g/mol. The molecule has 1 aromatic carbocycles. The highest BCUT2D eigenvalue weighted by atomic mass is 127. The Morgan fingerprint density at radius 2 is 1.80 bits per heavy atom. The number of rotatable bonds is 5. The van der Waals surface area contributed by atoms with Gasteiger partial charge in [-0.2, -0.15) is 0 Å². The molecule has 1 fully saturated rings. The van der Waals surface area contributed by atoms with E-state index in [9.17, 15) is 0 Å². The molecule has 30 heavy (non-hydrogen) atoms. The molecule has 0 saturated carbocycles. The minimum Gasteiger partial charge on any atom is -0.372 e. The summed E-state index contributed by atoms with van der Waals surface area (Å²) < 4.78 is 5.81. The molecule has 1 saturated heterocycles. The molecule has 164 valence electrons. The summed E-state index contributed by atoms with van der Waals surface area (Å²) in [6.07, 6.45) is 2.40. The zero-order valence-electron chi connectivity index (χ0n) is 18.6. The number of hydrogen-bond acceptors (Lipinski definition) is 4. The standard InChI is InChI=1S/C23H33N5O.HI/c1-16-6-8-21(17(2)10-16)13-27-23(24-5)26-12-20-7-9-22(25-11-20)28-14-18(3)29-19(4)15-28;/h6-11,18-19H,12-15H2,1-5H3,(H2,24,26,27);1H. The maximum absolute atomic E-state index is 5.81. The van der Waals surface area contributed by atoms with Crippen molar-refractivity contribution in [2.45, 2.75) is 53.0 Å². The lowest BCUT2D eigenvalue weighted by Gasteiger charge is -2.36. The maximum atomic E-state index is 5.81. The number of halogens is 1. The summed E-state index contributed by atoms with van der Waals surface area (Å²) in [5.74, 6) is 1.79. The Hall–Kier alpha value is -1.87. The van der Waals surface area contributed by atoms with Crippen LogP contribution in [0.5, 0.6) is 0 Å². The van der Waals surface area contributed by atoms with Gasteiger partial charge in [-0.25, -0.2) is 4.98 Å². The van der Waals surface area contributed by atoms with Gasteiger partial charge in [-0.1, -0.05) is 29.8 Å². The summed E-state index contributed by atoms with van der Waals surface area (Å²) in [4.78, 5) is 11.3. The molecular formula is C23H34IN5O. The number of nitrogens with one attached hydrogen (secondary N) is 2. The Kier molecular flexibility index (Phi) is 9.36. The molecule has 6 nitrogen and oxygen atoms in total. The van der Waals surface area contributed by atoms with E-state index in [1.807, 2.05) is 6.20 Å². The average molecular weight is 523 g/mol. The third-order valence-electron chi connectivity index (χ3n) is 5.18. The fraction of sp³-hybridized carbons (Fsp3) is 0.478. The first kappa shape index (κ1) is 24.4. The number of morpholine rings is 1. The molecule has 2 aromatic rings. The van der Waals surface area contributed by atoms with Crippen molar-refractivity contribution in [3.05, 3.63) is 58.8 Å². The van der Waals surface area contributed by atoms with Crippen molar-refractivity contribution in [2.24, 2.45) is 4.99 Å². The summed E-state index contributed by atoms with van der Waals surface area (Å²) in [6.45, 7) is 11.7. The second-order valence-electron chi connectivity index (χ2n) is 7.90. The van der Waals surface area contributed by atoms with Gasteiger partial charge in [-0.3, -0.25) is 4.99 Å². The first-order valence-corrected chi connectivity index (χ1v) is 10.3. The highest BCUT2D eigenvalue weighted by molar-refractivity contribution is 14.0. The van der Waals surface area contributed by atoms with Crippen LogP contribution >= 0.6 is 24.0 Å². The number of benzene rings is 1. The maximum Gasteiger partial charge on any atom is 0.191 e. The Bertz CT molecular complexity index is 830. The Balaban J connectivity index is 0.00000320. The van der Waals surface area contributed by atoms with Gasteiger partial charge in [0.05, 0.1) is 12.2 Å². The molecule has 2 atom stereocenters. The van der Waals surface area contributed by atoms with Crippen molar-refractivity contribution in [3.8, 4) is 0 Å². The quantitative estimate of drug-likeness (QED) is 0.355. The van der Waals surface area contributed by atoms with Crippen LogP contribution in [-0.2, 0) is 17.8 Å². The van der Waals surface area contributed by atoms with E-state index in [1.54, 1.807) is 7.05 Å². The largest absolute Gasteiger partial charge is 0.372 e. The van der Waals surface area contributed by atoms with Crippen LogP contribution in [0.25, 0.3) is 0 Å². The van der Waals surface area contributed by atoms with Crippen LogP contribution in [0, 0.1) is 13.8 Å². The van der Waals surface area contributed by atoms with Crippen LogP contribution in [0.3, 0.4) is 0 Å². The van der Waals surface area contributed by atoms with Gasteiger partial charge in [0.25, 0.3) is 0 Å². The fourth-order valence-electron chi connectivity index (χ4n) is 3.70. The normalized spacial score (nSPS) is 19.2. The molecule has 0 radical (unpaired) electrons. The van der Waals surface area contributed by atoms with Gasteiger partial charge < -0.3 is 20.3 Å². The van der Waals surface area contributed by atoms with Crippen LogP contribution in [0.1, 0.15) is 36.1 Å². The molecule has 1 aliphatic rings. The van der Waals surface area contributed by atoms with Crippen LogP contribution in [0.4, 0.5) is 5.82 Å². The van der Waals surface area contributed by atoms with Crippen molar-refractivity contribution in [1.82, 2.24) is 15.6 Å². The van der Waals surface area contributed by atoms with E-state index in [4.69, 9.17) is 4.74 Å². The molecule has 2 unspecified atom stereocenters. The summed E-state index contributed by atoms with van der Waals surface area (Å²) >= 11 is 0. The van der Waals surface area contributed by atoms with E-state index in [0.29, 0.717) is 6.54 Å². The van der Waals surface area contributed by atoms with Gasteiger partial charge >= 0.3 is 0 Å². The zero-order valence-corrected chi connectivity index (χ0v) is 20.9. The van der Waals surface area contributed by atoms with E-state index in [0.717, 1.165) is 37.0 Å². The van der Waals surface area contributed by atoms with Gasteiger partial charge in [-0.05, 0) is 50.5 Å². The van der Waals surface area contributed by atoms with Gasteiger partial charge in [0.15, 0.2) is 5.96 Å². The van der Waals surface area contributed by atoms with Gasteiger partial charge in [0.2, 0.25) is 0 Å². The lowest BCUT2D eigenvalue weighted by molar-refractivity contribution is -0.00545. The number of pyridine rings is 1. The monoisotopic (exact) mass is 523 g/mol. The molecule has 0 spiro atoms. The molecule has 1 aromatic heterocycles. The SMILES string of the molecule is CN=C(NCc1ccc(N2CC(C)OC(C)C2)nc1)NCc1ccc(C)cc1C.I. The summed E-state index contributed by atoms with van der Waals surface area (Å²) in [5, 5.41) is 6.75. The van der Waals surface area contributed by atoms with Crippen molar-refractivity contribution < 1.29 is 4.74 Å². The Morgan fingerprint density at radius 3 is 2.40 bits per heavy atom. The molecule has 0 aliphatic carbocycles. The third-order valence-corrected chi connectivity index (χ3v) is 5.18. The third kappa shape index (κ3) is 6.84. The molecule has 0 bridgehead atoms. The minimum atomic E-state index is 0. The summed E-state index contributed by atoms with van der Waals surface area (Å²) in [7, 11) is 1.79. The topological polar surface area (TPSA) is 61.8 Å². The first-order valence-electron chi connectivity index (χ1n) is 10.3. The van der Waals surface area contributed by atoms with Crippen molar-refractivity contribution in [3.63, 3.8) is 0 Å². The lowest BCUT2D eigenvalue weighted by Crippen LogP contribution is -2.45. The predicted molar refractivity (Wildman–Crippen MR) is 135 cm³/mol. The zero-order chi connectivity index (χ0) is 20.8. The Morgan fingerprint density at radius 1 is 1.10 bits per heavy atom. The molecule has 2 N–H and O–H groups in total. The number of ether oxygens (including phenoxy) is 1. The summed E-state index contributed by atoms with van der Waals surface area (Å²) in [6, 6.07) is 10.7. The van der Waals surface area contributed by atoms with Crippen LogP contribution < -0.4 is 15.5 Å². The molecule has 1 aliphatic heterocycles. The number of nitrogens with zero attached hydrogens (tertiary/aromatic N) is 3. The van der Waals surface area contributed by atoms with E-state index in [1.165, 1.54) is 16.7 Å². The van der Waals surface area contributed by atoms with Crippen molar-refractivity contribution >= 4 is 35.8 Å². The smallest absolute Gasteiger partial charge is 0.191 e. The predicted octanol–water partition coefficient (Wildman–Crippen LogP) is 3.80. The van der Waals surface area contributed by atoms with E-state index >= 15 is 0 Å². The summed E-state index contributed by atoms with van der Waals surface area (Å²) in [5.41, 5.74) is 4.97. The van der Waals surface area contributed by atoms with Gasteiger partial charge in [0.1, 0.15) is 5.82 Å². The van der Waals surface area contributed by atoms with E-state index in [-0.39, 0.29) is 36.2 Å². The van der Waals surface area contributed by atoms with Crippen LogP contribution in [0.15, 0.2) is 41.5 Å². The molecule has 7 heteroatoms. The molecule has 0 amide bonds. The Labute approximate surface area is 197 Å². The van der Waals surface area contributed by atoms with Crippen molar-refractivity contribution in [2.75, 3.05) is 25.0 Å². The number of hydrogen-bond donors (Lipinski definition) is 2. The second-order valence-corrected chi connectivity index (χ2v) is 7.90. The highest BCUT2D eigenvalue weighted by Gasteiger charge is 2.22. The second kappa shape index (κ2) is 11.5.